The van der Waals surface area contributed by atoms with Crippen LogP contribution in [0.25, 0.3) is 5.65 Å². The Morgan fingerprint density at radius 1 is 1.00 bits per heavy atom. The maximum Gasteiger partial charge on any atom is 0.328 e. The third kappa shape index (κ3) is 7.94. The Morgan fingerprint density at radius 2 is 1.79 bits per heavy atom. The fourth-order valence-corrected chi connectivity index (χ4v) is 8.78. The smallest absolute Gasteiger partial charge is 0.328 e. The summed E-state index contributed by atoms with van der Waals surface area (Å²) in [7, 11) is 0. The van der Waals surface area contributed by atoms with Crippen molar-refractivity contribution in [3.8, 4) is 11.8 Å². The third-order valence-electron chi connectivity index (χ3n) is 11.9. The van der Waals surface area contributed by atoms with Crippen LogP contribution in [0.1, 0.15) is 72.6 Å². The molecular formula is C40H45F2N11O4. The monoisotopic (exact) mass is 781 g/mol. The Hall–Kier alpha value is -5.44. The molecule has 4 amide bonds. The van der Waals surface area contributed by atoms with E-state index in [4.69, 9.17) is 9.72 Å². The number of hydrogen-bond donors (Lipinski definition) is 2. The van der Waals surface area contributed by atoms with E-state index in [0.29, 0.717) is 31.3 Å². The van der Waals surface area contributed by atoms with Gasteiger partial charge < -0.3 is 19.9 Å². The molecule has 1 aliphatic carbocycles. The average molecular weight is 782 g/mol. The molecular weight excluding hydrogens is 737 g/mol. The fraction of sp³-hybridized carbons (Fsp3) is 0.500. The molecule has 4 saturated heterocycles. The van der Waals surface area contributed by atoms with Crippen LogP contribution >= 0.6 is 0 Å². The van der Waals surface area contributed by atoms with E-state index in [1.54, 1.807) is 22.0 Å². The van der Waals surface area contributed by atoms with Crippen molar-refractivity contribution < 1.29 is 27.9 Å². The number of alkyl halides is 2. The Morgan fingerprint density at radius 3 is 2.51 bits per heavy atom. The average Bonchev–Trinajstić information content (AvgIpc) is 4.04. The van der Waals surface area contributed by atoms with Crippen molar-refractivity contribution in [2.75, 3.05) is 74.1 Å². The molecule has 298 valence electrons. The zero-order valence-electron chi connectivity index (χ0n) is 31.5. The lowest BCUT2D eigenvalue weighted by Crippen LogP contribution is -2.49. The van der Waals surface area contributed by atoms with Gasteiger partial charge in [-0.1, -0.05) is 11.8 Å². The van der Waals surface area contributed by atoms with Gasteiger partial charge in [0.15, 0.2) is 11.3 Å². The summed E-state index contributed by atoms with van der Waals surface area (Å²) in [4.78, 5) is 50.4. The molecule has 0 spiro atoms. The minimum absolute atomic E-state index is 0.00470. The summed E-state index contributed by atoms with van der Waals surface area (Å²) in [5.41, 5.74) is 1.74. The lowest BCUT2D eigenvalue weighted by molar-refractivity contribution is -0.120. The minimum Gasteiger partial charge on any atom is -0.374 e. The number of fused-ring (bicyclic) bond motifs is 3. The predicted molar refractivity (Wildman–Crippen MR) is 206 cm³/mol. The summed E-state index contributed by atoms with van der Waals surface area (Å²) in [6, 6.07) is 9.19. The van der Waals surface area contributed by atoms with E-state index in [1.807, 2.05) is 30.3 Å². The van der Waals surface area contributed by atoms with E-state index in [9.17, 15) is 23.2 Å². The summed E-state index contributed by atoms with van der Waals surface area (Å²) >= 11 is 0. The van der Waals surface area contributed by atoms with Crippen molar-refractivity contribution in [2.45, 2.75) is 63.1 Å². The van der Waals surface area contributed by atoms with Crippen LogP contribution in [-0.4, -0.2) is 123 Å². The molecule has 5 aliphatic rings. The predicted octanol–water partition coefficient (Wildman–Crippen LogP) is 3.94. The first kappa shape index (κ1) is 37.2. The zero-order valence-corrected chi connectivity index (χ0v) is 31.5. The van der Waals surface area contributed by atoms with Crippen LogP contribution in [0.15, 0.2) is 48.9 Å². The van der Waals surface area contributed by atoms with Gasteiger partial charge in [0.1, 0.15) is 11.4 Å². The highest BCUT2D eigenvalue weighted by molar-refractivity contribution is 6.08. The molecule has 0 radical (unpaired) electrons. The lowest BCUT2D eigenvalue weighted by atomic mass is 9.85. The van der Waals surface area contributed by atoms with Crippen molar-refractivity contribution in [1.29, 1.82) is 0 Å². The number of carbonyl (C=O) groups excluding carboxylic acids is 3. The van der Waals surface area contributed by atoms with Crippen LogP contribution in [0.2, 0.25) is 0 Å². The van der Waals surface area contributed by atoms with E-state index in [2.05, 4.69) is 47.4 Å². The Kier molecular flexibility index (Phi) is 10.3. The zero-order chi connectivity index (χ0) is 39.0. The number of imide groups is 1. The number of aromatic nitrogens is 5. The van der Waals surface area contributed by atoms with Gasteiger partial charge in [0.25, 0.3) is 12.3 Å². The Labute approximate surface area is 328 Å². The van der Waals surface area contributed by atoms with Crippen LogP contribution in [0.4, 0.5) is 30.8 Å². The first-order valence-electron chi connectivity index (χ1n) is 19.8. The van der Waals surface area contributed by atoms with Crippen LogP contribution in [0.3, 0.4) is 0 Å². The fourth-order valence-electron chi connectivity index (χ4n) is 8.78. The molecule has 1 saturated carbocycles. The van der Waals surface area contributed by atoms with Gasteiger partial charge in [0.2, 0.25) is 5.91 Å². The van der Waals surface area contributed by atoms with Gasteiger partial charge in [-0.2, -0.15) is 10.2 Å². The maximum absolute atomic E-state index is 14.2. The van der Waals surface area contributed by atoms with Crippen molar-refractivity contribution in [1.82, 2.24) is 39.5 Å². The topological polar surface area (TPSA) is 145 Å². The van der Waals surface area contributed by atoms with Gasteiger partial charge in [0.05, 0.1) is 43.2 Å². The first-order chi connectivity index (χ1) is 27.7. The largest absolute Gasteiger partial charge is 0.374 e. The molecule has 9 rings (SSSR count). The number of anilines is 3. The number of halogens is 2. The number of ether oxygens (including phenoxy) is 1. The summed E-state index contributed by atoms with van der Waals surface area (Å²) in [5.74, 6) is 6.95. The van der Waals surface area contributed by atoms with Gasteiger partial charge in [-0.25, -0.2) is 23.1 Å². The first-order valence-corrected chi connectivity index (χ1v) is 19.8. The van der Waals surface area contributed by atoms with Gasteiger partial charge in [-0.05, 0) is 68.4 Å². The molecule has 4 aliphatic heterocycles. The molecule has 57 heavy (non-hydrogen) atoms. The standard InChI is InChI=1S/C40H45F2N11O4/c41-37(42)36-33(44-39(55)32-21-43-52-15-11-34(45-38(32)52)51-23-31-20-30(51)25-57-31)24-53(47-36)29-9-5-27(6-10-29)22-49-18-16-48(17-19-49)13-1-2-26-3-7-28(8-4-26)50-14-12-35(54)46-40(50)56/h3-4,7-8,11,15,21,24,27,29-31,37H,5-6,9-10,12-14,16-20,22-23,25H2,(H,44,55)(H,46,54,56)/t27?,29?,30-,31-/m0/s1. The SMILES string of the molecule is O=C1CCN(c2ccc(C#CCN3CCN(CC4CCC(n5cc(NC(=O)c6cnn7ccc(N8C[C@@H]9C[C@H]8CO9)nc67)c(C(F)F)n5)CC4)CC3)cc2)C(=O)N1. The van der Waals surface area contributed by atoms with Gasteiger partial charge >= 0.3 is 6.03 Å². The molecule has 2 N–H and O–H groups in total. The van der Waals surface area contributed by atoms with E-state index in [-0.39, 0.29) is 41.8 Å². The molecule has 17 heteroatoms. The quantitative estimate of drug-likeness (QED) is 0.240. The molecule has 3 aromatic heterocycles. The number of amides is 4. The summed E-state index contributed by atoms with van der Waals surface area (Å²) in [5, 5.41) is 13.6. The van der Waals surface area contributed by atoms with Crippen molar-refractivity contribution >= 4 is 40.7 Å². The minimum atomic E-state index is -2.85. The maximum atomic E-state index is 14.2. The second-order valence-electron chi connectivity index (χ2n) is 15.6. The van der Waals surface area contributed by atoms with E-state index in [0.717, 1.165) is 88.4 Å². The van der Waals surface area contributed by atoms with Crippen LogP contribution in [0, 0.1) is 17.8 Å². The Bertz CT molecular complexity index is 2200. The third-order valence-corrected chi connectivity index (χ3v) is 11.9. The van der Waals surface area contributed by atoms with Crippen LogP contribution in [0.5, 0.6) is 0 Å². The van der Waals surface area contributed by atoms with Gasteiger partial charge in [0, 0.05) is 75.9 Å². The Balaban J connectivity index is 0.742. The molecule has 2 bridgehead atoms. The number of nitrogens with zero attached hydrogens (tertiary/aromatic N) is 9. The van der Waals surface area contributed by atoms with E-state index in [1.165, 1.54) is 10.7 Å². The van der Waals surface area contributed by atoms with Crippen molar-refractivity contribution in [2.24, 2.45) is 5.92 Å². The normalized spacial score (nSPS) is 24.3. The lowest BCUT2D eigenvalue weighted by Gasteiger charge is -2.37. The van der Waals surface area contributed by atoms with Crippen molar-refractivity contribution in [3.63, 3.8) is 0 Å². The molecule has 2 atom stereocenters. The number of morpholine rings is 1. The molecule has 4 aromatic rings. The molecule has 0 unspecified atom stereocenters. The number of piperazine rings is 1. The van der Waals surface area contributed by atoms with Crippen LogP contribution in [-0.2, 0) is 9.53 Å². The molecule has 1 aromatic carbocycles. The number of rotatable bonds is 9. The molecule has 5 fully saturated rings. The summed E-state index contributed by atoms with van der Waals surface area (Å²) in [6.07, 6.45) is 6.90. The van der Waals surface area contributed by atoms with E-state index >= 15 is 0 Å². The molecule has 7 heterocycles. The highest BCUT2D eigenvalue weighted by Gasteiger charge is 2.40. The highest BCUT2D eigenvalue weighted by Crippen LogP contribution is 2.36. The summed E-state index contributed by atoms with van der Waals surface area (Å²) in [6.45, 7) is 7.25. The number of benzene rings is 1. The second kappa shape index (κ2) is 15.8. The second-order valence-corrected chi connectivity index (χ2v) is 15.6. The number of urea groups is 1. The van der Waals surface area contributed by atoms with Gasteiger partial charge in [-0.15, -0.1) is 0 Å². The number of carbonyl (C=O) groups is 3. The number of hydrogen-bond acceptors (Lipinski definition) is 10. The number of nitrogens with one attached hydrogen (secondary N) is 2. The van der Waals surface area contributed by atoms with E-state index < -0.39 is 24.1 Å². The molecule has 15 nitrogen and oxygen atoms in total. The highest BCUT2D eigenvalue weighted by atomic mass is 19.3. The summed E-state index contributed by atoms with van der Waals surface area (Å²) < 4.78 is 37.3. The van der Waals surface area contributed by atoms with Crippen molar-refractivity contribution in [3.05, 3.63) is 65.7 Å². The van der Waals surface area contributed by atoms with Gasteiger partial charge in [-0.3, -0.25) is 29.4 Å². The van der Waals surface area contributed by atoms with Crippen LogP contribution < -0.4 is 20.4 Å².